The molecule has 1 aliphatic heterocycles. The Morgan fingerprint density at radius 2 is 1.96 bits per heavy atom. The van der Waals surface area contributed by atoms with E-state index >= 15 is 0 Å². The van der Waals surface area contributed by atoms with E-state index in [4.69, 9.17) is 13.9 Å². The summed E-state index contributed by atoms with van der Waals surface area (Å²) in [5, 5.41) is 1.02. The van der Waals surface area contributed by atoms with E-state index < -0.39 is 0 Å². The first-order chi connectivity index (χ1) is 13.6. The lowest BCUT2D eigenvalue weighted by Crippen LogP contribution is -2.32. The summed E-state index contributed by atoms with van der Waals surface area (Å²) in [6.07, 6.45) is 1.84. The molecular formula is C23H25NO4. The zero-order chi connectivity index (χ0) is 19.7. The first-order valence-electron chi connectivity index (χ1n) is 9.66. The van der Waals surface area contributed by atoms with Gasteiger partial charge in [-0.2, -0.15) is 0 Å². The van der Waals surface area contributed by atoms with Crippen LogP contribution >= 0.6 is 0 Å². The quantitative estimate of drug-likeness (QED) is 0.615. The SMILES string of the molecule is CCCc1cc(=O)oc2c(C)c3c(cc12)CN(Cc1ccc(OC)cc1)CO3. The molecule has 4 rings (SSSR count). The predicted octanol–water partition coefficient (Wildman–Crippen LogP) is 4.41. The van der Waals surface area contributed by atoms with Gasteiger partial charge in [-0.15, -0.1) is 0 Å². The molecule has 1 aliphatic rings. The van der Waals surface area contributed by atoms with Crippen molar-refractivity contribution in [1.29, 1.82) is 0 Å². The van der Waals surface area contributed by atoms with Crippen LogP contribution in [0.2, 0.25) is 0 Å². The van der Waals surface area contributed by atoms with Gasteiger partial charge in [0.05, 0.1) is 7.11 Å². The largest absolute Gasteiger partial charge is 0.497 e. The van der Waals surface area contributed by atoms with Crippen LogP contribution in [-0.2, 0) is 19.5 Å². The van der Waals surface area contributed by atoms with Gasteiger partial charge in [0.2, 0.25) is 0 Å². The van der Waals surface area contributed by atoms with Gasteiger partial charge >= 0.3 is 5.63 Å². The number of nitrogens with zero attached hydrogens (tertiary/aromatic N) is 1. The Morgan fingerprint density at radius 3 is 2.68 bits per heavy atom. The van der Waals surface area contributed by atoms with Crippen molar-refractivity contribution in [2.45, 2.75) is 39.8 Å². The molecule has 2 aromatic carbocycles. The zero-order valence-corrected chi connectivity index (χ0v) is 16.6. The van der Waals surface area contributed by atoms with Gasteiger partial charge in [-0.05, 0) is 42.7 Å². The van der Waals surface area contributed by atoms with E-state index in [9.17, 15) is 4.79 Å². The van der Waals surface area contributed by atoms with Crippen LogP contribution < -0.4 is 15.1 Å². The zero-order valence-electron chi connectivity index (χ0n) is 16.6. The fraction of sp³-hybridized carbons (Fsp3) is 0.348. The molecule has 0 spiro atoms. The Hall–Kier alpha value is -2.79. The molecule has 2 heterocycles. The van der Waals surface area contributed by atoms with Crippen molar-refractivity contribution in [3.8, 4) is 11.5 Å². The summed E-state index contributed by atoms with van der Waals surface area (Å²) in [5.74, 6) is 1.70. The molecule has 5 nitrogen and oxygen atoms in total. The number of aryl methyl sites for hydroxylation is 2. The number of benzene rings is 2. The topological polar surface area (TPSA) is 51.9 Å². The summed E-state index contributed by atoms with van der Waals surface area (Å²) in [7, 11) is 1.67. The second-order valence-corrected chi connectivity index (χ2v) is 7.32. The lowest BCUT2D eigenvalue weighted by molar-refractivity contribution is 0.0881. The smallest absolute Gasteiger partial charge is 0.336 e. The van der Waals surface area contributed by atoms with Crippen molar-refractivity contribution < 1.29 is 13.9 Å². The van der Waals surface area contributed by atoms with E-state index in [1.165, 1.54) is 5.56 Å². The lowest BCUT2D eigenvalue weighted by atomic mass is 9.98. The fourth-order valence-corrected chi connectivity index (χ4v) is 3.90. The average Bonchev–Trinajstić information content (AvgIpc) is 2.70. The minimum absolute atomic E-state index is 0.295. The third-order valence-corrected chi connectivity index (χ3v) is 5.25. The lowest BCUT2D eigenvalue weighted by Gasteiger charge is -2.30. The second-order valence-electron chi connectivity index (χ2n) is 7.32. The van der Waals surface area contributed by atoms with E-state index in [0.29, 0.717) is 12.3 Å². The molecule has 0 amide bonds. The van der Waals surface area contributed by atoms with E-state index in [1.807, 2.05) is 19.1 Å². The maximum Gasteiger partial charge on any atom is 0.336 e. The van der Waals surface area contributed by atoms with Crippen molar-refractivity contribution in [3.63, 3.8) is 0 Å². The summed E-state index contributed by atoms with van der Waals surface area (Å²) in [6.45, 7) is 6.18. The molecular weight excluding hydrogens is 354 g/mol. The van der Waals surface area contributed by atoms with Gasteiger partial charge in [-0.1, -0.05) is 25.5 Å². The van der Waals surface area contributed by atoms with Gasteiger partial charge in [-0.3, -0.25) is 4.90 Å². The van der Waals surface area contributed by atoms with Gasteiger partial charge in [0, 0.05) is 35.7 Å². The third-order valence-electron chi connectivity index (χ3n) is 5.25. The summed E-state index contributed by atoms with van der Waals surface area (Å²) < 4.78 is 16.8. The summed E-state index contributed by atoms with van der Waals surface area (Å²) >= 11 is 0. The van der Waals surface area contributed by atoms with Crippen molar-refractivity contribution >= 4 is 11.0 Å². The highest BCUT2D eigenvalue weighted by Gasteiger charge is 2.23. The summed E-state index contributed by atoms with van der Waals surface area (Å²) in [5.41, 5.74) is 4.66. The molecule has 0 fully saturated rings. The highest BCUT2D eigenvalue weighted by Crippen LogP contribution is 2.36. The van der Waals surface area contributed by atoms with E-state index in [0.717, 1.165) is 59.5 Å². The Labute approximate surface area is 164 Å². The number of methoxy groups -OCH3 is 1. The Bertz CT molecular complexity index is 1050. The Kier molecular flexibility index (Phi) is 5.09. The number of rotatable bonds is 5. The van der Waals surface area contributed by atoms with Crippen LogP contribution in [0.1, 0.15) is 35.6 Å². The minimum Gasteiger partial charge on any atom is -0.497 e. The Balaban J connectivity index is 1.66. The van der Waals surface area contributed by atoms with Crippen LogP contribution in [0.5, 0.6) is 11.5 Å². The first kappa shape index (κ1) is 18.6. The molecule has 0 saturated heterocycles. The number of hydrogen-bond donors (Lipinski definition) is 0. The highest BCUT2D eigenvalue weighted by atomic mass is 16.5. The van der Waals surface area contributed by atoms with Crippen LogP contribution in [0.25, 0.3) is 11.0 Å². The molecule has 0 atom stereocenters. The summed E-state index contributed by atoms with van der Waals surface area (Å²) in [6, 6.07) is 11.9. The molecule has 3 aromatic rings. The predicted molar refractivity (Wildman–Crippen MR) is 109 cm³/mol. The number of ether oxygens (including phenoxy) is 2. The maximum absolute atomic E-state index is 12.0. The maximum atomic E-state index is 12.0. The van der Waals surface area contributed by atoms with Crippen LogP contribution in [0.4, 0.5) is 0 Å². The van der Waals surface area contributed by atoms with Crippen molar-refractivity contribution in [2.24, 2.45) is 0 Å². The molecule has 146 valence electrons. The molecule has 1 aromatic heterocycles. The molecule has 0 saturated carbocycles. The van der Waals surface area contributed by atoms with Gasteiger partial charge in [0.15, 0.2) is 0 Å². The van der Waals surface area contributed by atoms with E-state index in [-0.39, 0.29) is 5.63 Å². The Morgan fingerprint density at radius 1 is 1.18 bits per heavy atom. The normalized spacial score (nSPS) is 14.0. The van der Waals surface area contributed by atoms with Crippen molar-refractivity contribution in [3.05, 3.63) is 69.1 Å². The molecule has 5 heteroatoms. The third kappa shape index (κ3) is 3.50. The van der Waals surface area contributed by atoms with Crippen molar-refractivity contribution in [2.75, 3.05) is 13.8 Å². The first-order valence-corrected chi connectivity index (χ1v) is 9.66. The highest BCUT2D eigenvalue weighted by molar-refractivity contribution is 5.86. The fourth-order valence-electron chi connectivity index (χ4n) is 3.90. The monoisotopic (exact) mass is 379 g/mol. The molecule has 0 unspecified atom stereocenters. The van der Waals surface area contributed by atoms with Gasteiger partial charge in [-0.25, -0.2) is 4.79 Å². The molecule has 0 N–H and O–H groups in total. The molecule has 28 heavy (non-hydrogen) atoms. The van der Waals surface area contributed by atoms with E-state index in [1.54, 1.807) is 13.2 Å². The second kappa shape index (κ2) is 7.68. The molecule has 0 aliphatic carbocycles. The molecule has 0 radical (unpaired) electrons. The van der Waals surface area contributed by atoms with Crippen LogP contribution in [0.15, 0.2) is 45.6 Å². The van der Waals surface area contributed by atoms with Gasteiger partial charge < -0.3 is 13.9 Å². The van der Waals surface area contributed by atoms with Crippen LogP contribution in [0.3, 0.4) is 0 Å². The van der Waals surface area contributed by atoms with Gasteiger partial charge in [0.1, 0.15) is 23.8 Å². The average molecular weight is 379 g/mol. The van der Waals surface area contributed by atoms with E-state index in [2.05, 4.69) is 30.0 Å². The number of fused-ring (bicyclic) bond motifs is 2. The molecule has 0 bridgehead atoms. The van der Waals surface area contributed by atoms with Gasteiger partial charge in [0.25, 0.3) is 0 Å². The standard InChI is InChI=1S/C23H25NO4/c1-4-5-17-11-21(25)28-23-15(2)22-18(10-20(17)23)13-24(14-27-22)12-16-6-8-19(26-3)9-7-16/h6-11H,4-5,12-14H2,1-3H3. The minimum atomic E-state index is -0.295. The van der Waals surface area contributed by atoms with Crippen molar-refractivity contribution in [1.82, 2.24) is 4.90 Å². The van der Waals surface area contributed by atoms with Crippen LogP contribution in [-0.4, -0.2) is 18.7 Å². The number of hydrogen-bond acceptors (Lipinski definition) is 5. The van der Waals surface area contributed by atoms with Crippen LogP contribution in [0, 0.1) is 6.92 Å². The summed E-state index contributed by atoms with van der Waals surface area (Å²) in [4.78, 5) is 14.2.